The fraction of sp³-hybridized carbons (Fsp3) is 0.300. The van der Waals surface area contributed by atoms with E-state index in [0.29, 0.717) is 24.6 Å². The average molecular weight is 353 g/mol. The number of carbonyl (C=O) groups excluding carboxylic acids is 1. The fourth-order valence-electron chi connectivity index (χ4n) is 3.02. The number of carbonyl (C=O) groups is 1. The number of hydrazone groups is 1. The van der Waals surface area contributed by atoms with Crippen LogP contribution >= 0.6 is 0 Å². The van der Waals surface area contributed by atoms with Gasteiger partial charge in [-0.15, -0.1) is 5.10 Å². The largest absolute Gasteiger partial charge is 0.495 e. The third-order valence-electron chi connectivity index (χ3n) is 4.21. The van der Waals surface area contributed by atoms with Crippen LogP contribution in [0.4, 0.5) is 11.4 Å². The van der Waals surface area contributed by atoms with Gasteiger partial charge in [0.2, 0.25) is 5.84 Å². The summed E-state index contributed by atoms with van der Waals surface area (Å²) in [7, 11) is 1.59. The van der Waals surface area contributed by atoms with Crippen LogP contribution in [0.2, 0.25) is 0 Å². The lowest BCUT2D eigenvalue weighted by molar-refractivity contribution is -0.135. The first-order chi connectivity index (χ1) is 12.7. The van der Waals surface area contributed by atoms with Gasteiger partial charge in [-0.1, -0.05) is 30.3 Å². The topological polar surface area (TPSA) is 63.2 Å². The lowest BCUT2D eigenvalue weighted by Crippen LogP contribution is -2.41. The molecule has 0 aliphatic carbocycles. The number of methoxy groups -OCH3 is 1. The third-order valence-corrected chi connectivity index (χ3v) is 4.21. The molecule has 2 aromatic rings. The van der Waals surface area contributed by atoms with Gasteiger partial charge in [0.1, 0.15) is 5.75 Å². The Kier molecular flexibility index (Phi) is 5.73. The zero-order valence-electron chi connectivity index (χ0n) is 15.1. The smallest absolute Gasteiger partial charge is 0.376 e. The molecule has 1 heterocycles. The van der Waals surface area contributed by atoms with Crippen molar-refractivity contribution in [1.29, 1.82) is 0 Å². The third kappa shape index (κ3) is 3.79. The molecule has 0 aromatic heterocycles. The molecule has 1 aliphatic heterocycles. The number of rotatable bonds is 4. The molecule has 0 amide bonds. The van der Waals surface area contributed by atoms with Gasteiger partial charge in [-0.3, -0.25) is 5.43 Å². The molecular formula is C20H23N3O3. The van der Waals surface area contributed by atoms with Crippen molar-refractivity contribution in [3.05, 3.63) is 54.1 Å². The molecule has 0 saturated heterocycles. The minimum absolute atomic E-state index is 0.241. The molecule has 0 spiro atoms. The van der Waals surface area contributed by atoms with Crippen LogP contribution in [0.3, 0.4) is 0 Å². The standard InChI is InChI=1S/C20H23N3O3/c1-3-26-20(24)19(22-21-16-11-5-7-13-18(16)25-2)23-14-8-10-15-9-4-6-12-17(15)23/h4-7,9,11-13,21H,3,8,10,14H2,1-2H3/b22-19+. The molecule has 0 radical (unpaired) electrons. The molecule has 0 fully saturated rings. The Morgan fingerprint density at radius 3 is 2.77 bits per heavy atom. The van der Waals surface area contributed by atoms with E-state index in [4.69, 9.17) is 9.47 Å². The maximum Gasteiger partial charge on any atom is 0.376 e. The van der Waals surface area contributed by atoms with Crippen molar-refractivity contribution in [3.8, 4) is 5.75 Å². The Labute approximate surface area is 153 Å². The molecule has 0 bridgehead atoms. The molecular weight excluding hydrogens is 330 g/mol. The van der Waals surface area contributed by atoms with E-state index in [2.05, 4.69) is 16.6 Å². The minimum Gasteiger partial charge on any atom is -0.495 e. The van der Waals surface area contributed by atoms with Gasteiger partial charge in [-0.05, 0) is 43.5 Å². The van der Waals surface area contributed by atoms with Crippen molar-refractivity contribution >= 4 is 23.2 Å². The molecule has 0 unspecified atom stereocenters. The zero-order chi connectivity index (χ0) is 18.4. The van der Waals surface area contributed by atoms with Gasteiger partial charge in [0, 0.05) is 12.2 Å². The summed E-state index contributed by atoms with van der Waals surface area (Å²) in [6, 6.07) is 15.5. The predicted octanol–water partition coefficient (Wildman–Crippen LogP) is 3.44. The normalized spacial score (nSPS) is 13.8. The van der Waals surface area contributed by atoms with Crippen LogP contribution in [-0.2, 0) is 16.0 Å². The number of hydrogen-bond acceptors (Lipinski definition) is 5. The number of amidine groups is 1. The number of nitrogens with zero attached hydrogens (tertiary/aromatic N) is 2. The molecule has 6 heteroatoms. The van der Waals surface area contributed by atoms with Gasteiger partial charge in [-0.25, -0.2) is 4.79 Å². The SMILES string of the molecule is CCOC(=O)/C(=N\Nc1ccccc1OC)N1CCCc2ccccc21. The van der Waals surface area contributed by atoms with Crippen molar-refractivity contribution in [2.75, 3.05) is 30.6 Å². The number of esters is 1. The Balaban J connectivity index is 1.95. The fourth-order valence-corrected chi connectivity index (χ4v) is 3.02. The van der Waals surface area contributed by atoms with E-state index in [-0.39, 0.29) is 5.84 Å². The first-order valence-corrected chi connectivity index (χ1v) is 8.74. The number of para-hydroxylation sites is 3. The highest BCUT2D eigenvalue weighted by Gasteiger charge is 2.27. The molecule has 0 saturated carbocycles. The van der Waals surface area contributed by atoms with Gasteiger partial charge in [-0.2, -0.15) is 0 Å². The molecule has 0 atom stereocenters. The molecule has 3 rings (SSSR count). The van der Waals surface area contributed by atoms with Gasteiger partial charge >= 0.3 is 5.97 Å². The molecule has 1 aliphatic rings. The maximum absolute atomic E-state index is 12.6. The monoisotopic (exact) mass is 353 g/mol. The first kappa shape index (κ1) is 17.8. The summed E-state index contributed by atoms with van der Waals surface area (Å²) in [5.41, 5.74) is 5.83. The Morgan fingerprint density at radius 1 is 1.19 bits per heavy atom. The number of hydrogen-bond donors (Lipinski definition) is 1. The van der Waals surface area contributed by atoms with Gasteiger partial charge < -0.3 is 14.4 Å². The van der Waals surface area contributed by atoms with Crippen LogP contribution in [0.25, 0.3) is 0 Å². The van der Waals surface area contributed by atoms with E-state index in [1.807, 2.05) is 47.4 Å². The van der Waals surface area contributed by atoms with Crippen LogP contribution < -0.4 is 15.1 Å². The molecule has 6 nitrogen and oxygen atoms in total. The predicted molar refractivity (Wildman–Crippen MR) is 103 cm³/mol. The molecule has 2 aromatic carbocycles. The number of ether oxygens (including phenoxy) is 2. The summed E-state index contributed by atoms with van der Waals surface area (Å²) in [6.07, 6.45) is 1.94. The van der Waals surface area contributed by atoms with Gasteiger partial charge in [0.25, 0.3) is 0 Å². The van der Waals surface area contributed by atoms with Crippen LogP contribution in [0.1, 0.15) is 18.9 Å². The van der Waals surface area contributed by atoms with Crippen molar-refractivity contribution in [2.24, 2.45) is 5.10 Å². The number of anilines is 2. The van der Waals surface area contributed by atoms with Gasteiger partial charge in [0.15, 0.2) is 0 Å². The number of nitrogens with one attached hydrogen (secondary N) is 1. The number of benzene rings is 2. The highest BCUT2D eigenvalue weighted by atomic mass is 16.5. The molecule has 1 N–H and O–H groups in total. The van der Waals surface area contributed by atoms with Crippen LogP contribution in [0, 0.1) is 0 Å². The number of aryl methyl sites for hydroxylation is 1. The van der Waals surface area contributed by atoms with Crippen LogP contribution in [-0.4, -0.2) is 32.1 Å². The summed E-state index contributed by atoms with van der Waals surface area (Å²) >= 11 is 0. The van der Waals surface area contributed by atoms with Crippen LogP contribution in [0.15, 0.2) is 53.6 Å². The summed E-state index contributed by atoms with van der Waals surface area (Å²) in [6.45, 7) is 2.79. The average Bonchev–Trinajstić information content (AvgIpc) is 2.69. The van der Waals surface area contributed by atoms with Crippen molar-refractivity contribution in [2.45, 2.75) is 19.8 Å². The second-order valence-electron chi connectivity index (χ2n) is 5.85. The summed E-state index contributed by atoms with van der Waals surface area (Å²) in [5, 5.41) is 4.38. The number of fused-ring (bicyclic) bond motifs is 1. The minimum atomic E-state index is -0.452. The van der Waals surface area contributed by atoms with E-state index >= 15 is 0 Å². The van der Waals surface area contributed by atoms with E-state index in [1.165, 1.54) is 5.56 Å². The second kappa shape index (κ2) is 8.38. The Bertz CT molecular complexity index is 804. The summed E-state index contributed by atoms with van der Waals surface area (Å²) < 4.78 is 10.6. The lowest BCUT2D eigenvalue weighted by Gasteiger charge is -2.30. The molecule has 136 valence electrons. The summed E-state index contributed by atoms with van der Waals surface area (Å²) in [4.78, 5) is 14.5. The quantitative estimate of drug-likeness (QED) is 0.395. The van der Waals surface area contributed by atoms with Gasteiger partial charge in [0.05, 0.1) is 19.4 Å². The first-order valence-electron chi connectivity index (χ1n) is 8.74. The van der Waals surface area contributed by atoms with E-state index in [0.717, 1.165) is 18.5 Å². The summed E-state index contributed by atoms with van der Waals surface area (Å²) in [5.74, 6) is 0.440. The van der Waals surface area contributed by atoms with Crippen molar-refractivity contribution in [1.82, 2.24) is 0 Å². The highest BCUT2D eigenvalue weighted by Crippen LogP contribution is 2.28. The van der Waals surface area contributed by atoms with Crippen molar-refractivity contribution < 1.29 is 14.3 Å². The lowest BCUT2D eigenvalue weighted by atomic mass is 10.0. The molecule has 26 heavy (non-hydrogen) atoms. The zero-order valence-corrected chi connectivity index (χ0v) is 15.1. The van der Waals surface area contributed by atoms with E-state index < -0.39 is 5.97 Å². The van der Waals surface area contributed by atoms with E-state index in [1.54, 1.807) is 14.0 Å². The van der Waals surface area contributed by atoms with Crippen LogP contribution in [0.5, 0.6) is 5.75 Å². The highest BCUT2D eigenvalue weighted by molar-refractivity contribution is 6.41. The maximum atomic E-state index is 12.6. The Hall–Kier alpha value is -3.02. The van der Waals surface area contributed by atoms with Crippen molar-refractivity contribution in [3.63, 3.8) is 0 Å². The second-order valence-corrected chi connectivity index (χ2v) is 5.85. The Morgan fingerprint density at radius 2 is 1.96 bits per heavy atom. The van der Waals surface area contributed by atoms with E-state index in [9.17, 15) is 4.79 Å².